The van der Waals surface area contributed by atoms with Crippen molar-refractivity contribution in [2.45, 2.75) is 69.5 Å². The maximum absolute atomic E-state index is 6.13. The summed E-state index contributed by atoms with van der Waals surface area (Å²) in [5.41, 5.74) is 1.15. The number of methoxy groups -OCH3 is 2. The molecule has 3 rings (SSSR count). The molecule has 6 atom stereocenters. The molecule has 0 aromatic carbocycles. The number of rotatable bonds is 5. The summed E-state index contributed by atoms with van der Waals surface area (Å²) in [7, 11) is 3.55. The molecule has 0 aromatic heterocycles. The molecule has 4 nitrogen and oxygen atoms in total. The molecule has 4 unspecified atom stereocenters. The molecule has 3 fully saturated rings. The summed E-state index contributed by atoms with van der Waals surface area (Å²) in [6.45, 7) is 7.31. The summed E-state index contributed by atoms with van der Waals surface area (Å²) in [4.78, 5) is 0. The highest BCUT2D eigenvalue weighted by Crippen LogP contribution is 2.59. The fraction of sp³-hybridized carbons (Fsp3) is 0.882. The fourth-order valence-corrected chi connectivity index (χ4v) is 4.20. The lowest BCUT2D eigenvalue weighted by Crippen LogP contribution is -2.55. The van der Waals surface area contributed by atoms with E-state index in [4.69, 9.17) is 18.9 Å². The SMILES string of the molecule is COC1CC[C@]2(CO2)C([C@@]2(C)OC2CC=C(C)C)C1OC. The third-order valence-electron chi connectivity index (χ3n) is 5.54. The summed E-state index contributed by atoms with van der Waals surface area (Å²) >= 11 is 0. The van der Waals surface area contributed by atoms with Crippen LogP contribution in [0.15, 0.2) is 11.6 Å². The van der Waals surface area contributed by atoms with E-state index in [0.717, 1.165) is 25.9 Å². The second-order valence-electron chi connectivity index (χ2n) is 7.15. The van der Waals surface area contributed by atoms with Crippen LogP contribution in [0.25, 0.3) is 0 Å². The molecule has 0 N–H and O–H groups in total. The van der Waals surface area contributed by atoms with Crippen molar-refractivity contribution in [1.29, 1.82) is 0 Å². The third-order valence-corrected chi connectivity index (χ3v) is 5.54. The highest BCUT2D eigenvalue weighted by molar-refractivity contribution is 5.20. The van der Waals surface area contributed by atoms with E-state index in [1.807, 2.05) is 0 Å². The molecule has 0 aromatic rings. The molecule has 0 bridgehead atoms. The van der Waals surface area contributed by atoms with Gasteiger partial charge in [-0.05, 0) is 40.0 Å². The lowest BCUT2D eigenvalue weighted by atomic mass is 9.68. The minimum absolute atomic E-state index is 0.0375. The summed E-state index contributed by atoms with van der Waals surface area (Å²) < 4.78 is 23.5. The Balaban J connectivity index is 1.79. The molecule has 2 heterocycles. The Morgan fingerprint density at radius 1 is 1.29 bits per heavy atom. The maximum atomic E-state index is 6.13. The Kier molecular flexibility index (Phi) is 3.93. The lowest BCUT2D eigenvalue weighted by Gasteiger charge is -2.42. The first-order valence-corrected chi connectivity index (χ1v) is 7.97. The standard InChI is InChI=1S/C17H28O4/c1-11(2)6-7-13-16(3,21-13)15-14(19-5)12(18-4)8-9-17(15)10-20-17/h6,12-15H,7-10H2,1-5H3/t12?,13?,14?,15?,16-,17-/m0/s1. The second kappa shape index (κ2) is 5.34. The van der Waals surface area contributed by atoms with Gasteiger partial charge < -0.3 is 18.9 Å². The smallest absolute Gasteiger partial charge is 0.101 e. The van der Waals surface area contributed by atoms with Crippen LogP contribution in [-0.4, -0.2) is 50.3 Å². The normalized spacial score (nSPS) is 48.2. The number of epoxide rings is 2. The van der Waals surface area contributed by atoms with Crippen LogP contribution in [0.2, 0.25) is 0 Å². The molecule has 21 heavy (non-hydrogen) atoms. The zero-order valence-corrected chi connectivity index (χ0v) is 13.8. The lowest BCUT2D eigenvalue weighted by molar-refractivity contribution is -0.128. The van der Waals surface area contributed by atoms with Gasteiger partial charge in [0.1, 0.15) is 5.60 Å². The van der Waals surface area contributed by atoms with Gasteiger partial charge in [0, 0.05) is 14.2 Å². The van der Waals surface area contributed by atoms with Crippen LogP contribution in [0, 0.1) is 5.92 Å². The van der Waals surface area contributed by atoms with Gasteiger partial charge in [-0.1, -0.05) is 11.6 Å². The average molecular weight is 296 g/mol. The largest absolute Gasteiger partial charge is 0.379 e. The van der Waals surface area contributed by atoms with Gasteiger partial charge in [0.2, 0.25) is 0 Å². The van der Waals surface area contributed by atoms with E-state index >= 15 is 0 Å². The van der Waals surface area contributed by atoms with E-state index in [1.54, 1.807) is 14.2 Å². The number of allylic oxidation sites excluding steroid dienone is 1. The minimum atomic E-state index is -0.152. The van der Waals surface area contributed by atoms with E-state index in [0.29, 0.717) is 0 Å². The molecular formula is C17H28O4. The quantitative estimate of drug-likeness (QED) is 0.578. The molecule has 1 spiro atoms. The van der Waals surface area contributed by atoms with Crippen molar-refractivity contribution in [2.24, 2.45) is 5.92 Å². The van der Waals surface area contributed by atoms with Crippen molar-refractivity contribution in [1.82, 2.24) is 0 Å². The first-order valence-electron chi connectivity index (χ1n) is 7.97. The van der Waals surface area contributed by atoms with Gasteiger partial charge in [0.05, 0.1) is 36.4 Å². The van der Waals surface area contributed by atoms with E-state index in [2.05, 4.69) is 26.8 Å². The molecule has 3 aliphatic rings. The van der Waals surface area contributed by atoms with E-state index < -0.39 is 0 Å². The fourth-order valence-electron chi connectivity index (χ4n) is 4.20. The number of hydrogen-bond donors (Lipinski definition) is 0. The van der Waals surface area contributed by atoms with Gasteiger partial charge in [-0.2, -0.15) is 0 Å². The Bertz CT molecular complexity index is 425. The van der Waals surface area contributed by atoms with E-state index in [9.17, 15) is 0 Å². The van der Waals surface area contributed by atoms with Crippen molar-refractivity contribution in [2.75, 3.05) is 20.8 Å². The molecule has 2 aliphatic heterocycles. The first kappa shape index (κ1) is 15.5. The molecule has 1 aliphatic carbocycles. The molecule has 4 heteroatoms. The van der Waals surface area contributed by atoms with Crippen LogP contribution in [0.5, 0.6) is 0 Å². The summed E-state index contributed by atoms with van der Waals surface area (Å²) in [5.74, 6) is 0.254. The van der Waals surface area contributed by atoms with Crippen LogP contribution in [0.4, 0.5) is 0 Å². The van der Waals surface area contributed by atoms with Crippen LogP contribution in [0.3, 0.4) is 0 Å². The van der Waals surface area contributed by atoms with Gasteiger partial charge in [0.15, 0.2) is 0 Å². The van der Waals surface area contributed by atoms with E-state index in [-0.39, 0.29) is 35.4 Å². The van der Waals surface area contributed by atoms with Gasteiger partial charge in [-0.25, -0.2) is 0 Å². The Morgan fingerprint density at radius 2 is 2.00 bits per heavy atom. The average Bonchev–Trinajstić information content (AvgIpc) is 3.35. The highest BCUT2D eigenvalue weighted by atomic mass is 16.6. The zero-order chi connectivity index (χ0) is 15.3. The van der Waals surface area contributed by atoms with Crippen LogP contribution >= 0.6 is 0 Å². The zero-order valence-electron chi connectivity index (χ0n) is 13.8. The van der Waals surface area contributed by atoms with Crippen molar-refractivity contribution in [3.05, 3.63) is 11.6 Å². The van der Waals surface area contributed by atoms with Crippen LogP contribution in [0.1, 0.15) is 40.0 Å². The minimum Gasteiger partial charge on any atom is -0.379 e. The second-order valence-corrected chi connectivity index (χ2v) is 7.15. The molecular weight excluding hydrogens is 268 g/mol. The number of hydrogen-bond acceptors (Lipinski definition) is 4. The van der Waals surface area contributed by atoms with Crippen LogP contribution < -0.4 is 0 Å². The van der Waals surface area contributed by atoms with Crippen molar-refractivity contribution in [3.63, 3.8) is 0 Å². The van der Waals surface area contributed by atoms with Gasteiger partial charge in [-0.3, -0.25) is 0 Å². The Labute approximate surface area is 127 Å². The Hall–Kier alpha value is -0.420. The summed E-state index contributed by atoms with van der Waals surface area (Å²) in [5, 5.41) is 0. The Morgan fingerprint density at radius 3 is 2.52 bits per heavy atom. The molecule has 2 saturated heterocycles. The van der Waals surface area contributed by atoms with Crippen molar-refractivity contribution >= 4 is 0 Å². The maximum Gasteiger partial charge on any atom is 0.101 e. The third kappa shape index (κ3) is 2.56. The molecule has 120 valence electrons. The van der Waals surface area contributed by atoms with Crippen molar-refractivity contribution in [3.8, 4) is 0 Å². The van der Waals surface area contributed by atoms with Gasteiger partial charge >= 0.3 is 0 Å². The monoisotopic (exact) mass is 296 g/mol. The predicted molar refractivity (Wildman–Crippen MR) is 80.3 cm³/mol. The van der Waals surface area contributed by atoms with Gasteiger partial charge in [0.25, 0.3) is 0 Å². The van der Waals surface area contributed by atoms with Crippen LogP contribution in [-0.2, 0) is 18.9 Å². The number of ether oxygens (including phenoxy) is 4. The van der Waals surface area contributed by atoms with E-state index in [1.165, 1.54) is 5.57 Å². The first-order chi connectivity index (χ1) is 9.97. The topological polar surface area (TPSA) is 43.5 Å². The summed E-state index contributed by atoms with van der Waals surface area (Å²) in [6.07, 6.45) is 5.73. The molecule has 0 amide bonds. The molecule has 1 saturated carbocycles. The predicted octanol–water partition coefficient (Wildman–Crippen LogP) is 2.71. The van der Waals surface area contributed by atoms with Crippen molar-refractivity contribution < 1.29 is 18.9 Å². The summed E-state index contributed by atoms with van der Waals surface area (Å²) in [6, 6.07) is 0. The van der Waals surface area contributed by atoms with Gasteiger partial charge in [-0.15, -0.1) is 0 Å². The molecule has 0 radical (unpaired) electrons. The highest BCUT2D eigenvalue weighted by Gasteiger charge is 2.71.